The minimum absolute atomic E-state index is 0.403. The summed E-state index contributed by atoms with van der Waals surface area (Å²) in [7, 11) is 0. The highest BCUT2D eigenvalue weighted by Gasteiger charge is 1.98. The van der Waals surface area contributed by atoms with E-state index in [0.29, 0.717) is 4.84 Å². The van der Waals surface area contributed by atoms with Crippen molar-refractivity contribution in [2.24, 2.45) is 0 Å². The first-order valence-corrected chi connectivity index (χ1v) is 4.39. The minimum atomic E-state index is 0.403. The van der Waals surface area contributed by atoms with Gasteiger partial charge in [0.05, 0.1) is 11.8 Å². The van der Waals surface area contributed by atoms with Crippen molar-refractivity contribution in [1.82, 2.24) is 3.97 Å². The Labute approximate surface area is 79.4 Å². The predicted octanol–water partition coefficient (Wildman–Crippen LogP) is 2.65. The summed E-state index contributed by atoms with van der Waals surface area (Å²) in [6, 6.07) is 1.89. The van der Waals surface area contributed by atoms with E-state index in [4.69, 9.17) is 21.9 Å². The molecule has 0 spiro atoms. The summed E-state index contributed by atoms with van der Waals surface area (Å²) in [4.78, 5) is 0.403. The van der Waals surface area contributed by atoms with Gasteiger partial charge in [-0.2, -0.15) is 5.26 Å². The third kappa shape index (κ3) is 2.00. The number of rotatable bonds is 2. The summed E-state index contributed by atoms with van der Waals surface area (Å²) in [5.74, 6) is 0. The van der Waals surface area contributed by atoms with E-state index in [1.54, 1.807) is 15.6 Å². The second-order valence-corrected chi connectivity index (χ2v) is 3.17. The SMILES string of the molecule is Cc1coc(=S)n1S/C=C/C#N. The normalized spacial score (nSPS) is 10.3. The topological polar surface area (TPSA) is 41.9 Å². The lowest BCUT2D eigenvalue weighted by Gasteiger charge is -1.94. The van der Waals surface area contributed by atoms with E-state index >= 15 is 0 Å². The lowest BCUT2D eigenvalue weighted by Crippen LogP contribution is -1.85. The van der Waals surface area contributed by atoms with E-state index in [1.807, 2.05) is 13.0 Å². The molecule has 0 unspecified atom stereocenters. The summed E-state index contributed by atoms with van der Waals surface area (Å²) in [5, 5.41) is 9.88. The quantitative estimate of drug-likeness (QED) is 0.541. The lowest BCUT2D eigenvalue weighted by atomic mass is 10.6. The zero-order chi connectivity index (χ0) is 8.97. The van der Waals surface area contributed by atoms with Crippen LogP contribution < -0.4 is 0 Å². The van der Waals surface area contributed by atoms with Crippen molar-refractivity contribution < 1.29 is 4.42 Å². The molecule has 0 fully saturated rings. The van der Waals surface area contributed by atoms with Crippen molar-refractivity contribution >= 4 is 24.2 Å². The van der Waals surface area contributed by atoms with Crippen LogP contribution in [0.25, 0.3) is 0 Å². The summed E-state index contributed by atoms with van der Waals surface area (Å²) in [5.41, 5.74) is 0.924. The molecule has 0 aliphatic rings. The average molecular weight is 198 g/mol. The Morgan fingerprint density at radius 2 is 2.58 bits per heavy atom. The van der Waals surface area contributed by atoms with E-state index in [9.17, 15) is 0 Å². The van der Waals surface area contributed by atoms with Crippen LogP contribution in [-0.2, 0) is 0 Å². The van der Waals surface area contributed by atoms with Gasteiger partial charge in [-0.1, -0.05) is 0 Å². The summed E-state index contributed by atoms with van der Waals surface area (Å²) >= 11 is 6.20. The second-order valence-electron chi connectivity index (χ2n) is 1.97. The van der Waals surface area contributed by atoms with Crippen LogP contribution in [0.4, 0.5) is 0 Å². The number of nitriles is 1. The highest BCUT2D eigenvalue weighted by Crippen LogP contribution is 2.14. The van der Waals surface area contributed by atoms with E-state index < -0.39 is 0 Å². The molecule has 0 aliphatic carbocycles. The van der Waals surface area contributed by atoms with Crippen molar-refractivity contribution in [3.63, 3.8) is 0 Å². The molecule has 0 aliphatic heterocycles. The predicted molar refractivity (Wildman–Crippen MR) is 50.0 cm³/mol. The van der Waals surface area contributed by atoms with Gasteiger partial charge < -0.3 is 4.42 Å². The maximum atomic E-state index is 8.22. The largest absolute Gasteiger partial charge is 0.437 e. The van der Waals surface area contributed by atoms with Crippen molar-refractivity contribution in [3.05, 3.63) is 28.3 Å². The minimum Gasteiger partial charge on any atom is -0.437 e. The van der Waals surface area contributed by atoms with Gasteiger partial charge in [-0.15, -0.1) is 0 Å². The van der Waals surface area contributed by atoms with Gasteiger partial charge in [-0.05, 0) is 31.1 Å². The fraction of sp³-hybridized carbons (Fsp3) is 0.143. The molecule has 12 heavy (non-hydrogen) atoms. The van der Waals surface area contributed by atoms with Crippen LogP contribution in [0.5, 0.6) is 0 Å². The molecular formula is C7H6N2OS2. The standard InChI is InChI=1S/C7H6N2OS2/c1-6-5-10-7(11)9(6)12-4-2-3-8/h2,4-5H,1H3/b4-2+. The van der Waals surface area contributed by atoms with E-state index in [-0.39, 0.29) is 0 Å². The van der Waals surface area contributed by atoms with Crippen LogP contribution >= 0.6 is 24.2 Å². The number of aryl methyl sites for hydroxylation is 1. The molecule has 5 heteroatoms. The van der Waals surface area contributed by atoms with Gasteiger partial charge in [0.2, 0.25) is 0 Å². The fourth-order valence-electron chi connectivity index (χ4n) is 0.623. The molecule has 0 radical (unpaired) electrons. The van der Waals surface area contributed by atoms with Gasteiger partial charge in [-0.3, -0.25) is 0 Å². The zero-order valence-electron chi connectivity index (χ0n) is 6.35. The smallest absolute Gasteiger partial charge is 0.279 e. The van der Waals surface area contributed by atoms with Crippen LogP contribution in [0.2, 0.25) is 0 Å². The Balaban J connectivity index is 2.83. The second kappa shape index (κ2) is 4.14. The lowest BCUT2D eigenvalue weighted by molar-refractivity contribution is 0.537. The van der Waals surface area contributed by atoms with Crippen LogP contribution in [0.3, 0.4) is 0 Å². The molecule has 0 aromatic carbocycles. The first-order valence-electron chi connectivity index (χ1n) is 3.14. The first-order chi connectivity index (χ1) is 5.75. The number of hydrogen-bond donors (Lipinski definition) is 0. The van der Waals surface area contributed by atoms with E-state index in [0.717, 1.165) is 5.69 Å². The van der Waals surface area contributed by atoms with Crippen molar-refractivity contribution in [3.8, 4) is 6.07 Å². The van der Waals surface area contributed by atoms with Crippen molar-refractivity contribution in [1.29, 1.82) is 5.26 Å². The molecule has 1 aromatic rings. The molecule has 0 atom stereocenters. The molecule has 1 aromatic heterocycles. The summed E-state index contributed by atoms with van der Waals surface area (Å²) in [6.07, 6.45) is 2.97. The Bertz CT molecular complexity index is 383. The molecule has 0 amide bonds. The van der Waals surface area contributed by atoms with E-state index in [2.05, 4.69) is 0 Å². The third-order valence-corrected chi connectivity index (χ3v) is 2.44. The van der Waals surface area contributed by atoms with Gasteiger partial charge in [0, 0.05) is 11.5 Å². The van der Waals surface area contributed by atoms with Gasteiger partial charge in [0.15, 0.2) is 0 Å². The van der Waals surface area contributed by atoms with Crippen LogP contribution in [0, 0.1) is 23.1 Å². The molecule has 0 N–H and O–H groups in total. The number of allylic oxidation sites excluding steroid dienone is 1. The highest BCUT2D eigenvalue weighted by atomic mass is 32.2. The Morgan fingerprint density at radius 3 is 3.08 bits per heavy atom. The van der Waals surface area contributed by atoms with Crippen molar-refractivity contribution in [2.45, 2.75) is 6.92 Å². The molecule has 62 valence electrons. The van der Waals surface area contributed by atoms with Gasteiger partial charge in [0.1, 0.15) is 6.26 Å². The zero-order valence-corrected chi connectivity index (χ0v) is 7.98. The van der Waals surface area contributed by atoms with Crippen LogP contribution in [-0.4, -0.2) is 3.97 Å². The average Bonchev–Trinajstić information content (AvgIpc) is 2.35. The third-order valence-electron chi connectivity index (χ3n) is 1.13. The molecule has 1 heterocycles. The van der Waals surface area contributed by atoms with Crippen molar-refractivity contribution in [2.75, 3.05) is 0 Å². The maximum absolute atomic E-state index is 8.22. The highest BCUT2D eigenvalue weighted by molar-refractivity contribution is 8.00. The Morgan fingerprint density at radius 1 is 1.83 bits per heavy atom. The fourth-order valence-corrected chi connectivity index (χ4v) is 1.53. The number of nitrogens with zero attached hydrogens (tertiary/aromatic N) is 2. The monoisotopic (exact) mass is 198 g/mol. The first kappa shape index (κ1) is 9.10. The van der Waals surface area contributed by atoms with Gasteiger partial charge >= 0.3 is 0 Å². The summed E-state index contributed by atoms with van der Waals surface area (Å²) < 4.78 is 6.69. The number of hydrogen-bond acceptors (Lipinski definition) is 4. The molecule has 1 rings (SSSR count). The van der Waals surface area contributed by atoms with Gasteiger partial charge in [0.25, 0.3) is 4.84 Å². The molecule has 0 saturated carbocycles. The molecule has 0 bridgehead atoms. The number of oxazole rings is 1. The molecule has 3 nitrogen and oxygen atoms in total. The number of aromatic nitrogens is 1. The molecule has 0 saturated heterocycles. The van der Waals surface area contributed by atoms with Gasteiger partial charge in [-0.25, -0.2) is 3.97 Å². The molecular weight excluding hydrogens is 192 g/mol. The van der Waals surface area contributed by atoms with E-state index in [1.165, 1.54) is 18.0 Å². The Kier molecular flexibility index (Phi) is 3.14. The maximum Gasteiger partial charge on any atom is 0.279 e. The van der Waals surface area contributed by atoms with Crippen LogP contribution in [0.1, 0.15) is 5.69 Å². The summed E-state index contributed by atoms with van der Waals surface area (Å²) in [6.45, 7) is 1.88. The van der Waals surface area contributed by atoms with Crippen LogP contribution in [0.15, 0.2) is 22.2 Å². The Hall–Kier alpha value is -0.990.